The van der Waals surface area contributed by atoms with Crippen LogP contribution in [-0.4, -0.2) is 44.2 Å². The fourth-order valence-electron chi connectivity index (χ4n) is 3.59. The van der Waals surface area contributed by atoms with E-state index < -0.39 is 0 Å². The third kappa shape index (κ3) is 3.39. The van der Waals surface area contributed by atoms with Crippen LogP contribution in [0.1, 0.15) is 25.0 Å². The number of carbonyl (C=O) groups is 1. The summed E-state index contributed by atoms with van der Waals surface area (Å²) in [5.74, 6) is 0.879. The van der Waals surface area contributed by atoms with Crippen molar-refractivity contribution in [3.63, 3.8) is 0 Å². The quantitative estimate of drug-likeness (QED) is 0.921. The van der Waals surface area contributed by atoms with Gasteiger partial charge in [0, 0.05) is 18.7 Å². The number of para-hydroxylation sites is 1. The standard InChI is InChI=1S/C19H23N3O3/c23-17-8-14(9-17)19(24)22-11-16-10-20-13-21(16)7-6-15(22)12-25-18-4-2-1-3-5-18/h1-5,10,13-15,17,23H,6-9,11-12H2/t14?,15-,17?/m1/s1. The molecule has 6 heteroatoms. The van der Waals surface area contributed by atoms with Gasteiger partial charge >= 0.3 is 0 Å². The zero-order valence-corrected chi connectivity index (χ0v) is 14.1. The number of carbonyl (C=O) groups excluding carboxylic acids is 1. The molecule has 6 nitrogen and oxygen atoms in total. The molecular formula is C19H23N3O3. The normalized spacial score (nSPS) is 25.6. The number of aromatic nitrogens is 2. The largest absolute Gasteiger partial charge is 0.491 e. The monoisotopic (exact) mass is 341 g/mol. The van der Waals surface area contributed by atoms with E-state index in [9.17, 15) is 9.90 Å². The van der Waals surface area contributed by atoms with E-state index in [-0.39, 0.29) is 24.0 Å². The van der Waals surface area contributed by atoms with Crippen molar-refractivity contribution in [2.45, 2.75) is 44.5 Å². The van der Waals surface area contributed by atoms with Gasteiger partial charge in [0.05, 0.1) is 30.7 Å². The highest BCUT2D eigenvalue weighted by Crippen LogP contribution is 2.31. The predicted octanol–water partition coefficient (Wildman–Crippen LogP) is 1.83. The van der Waals surface area contributed by atoms with Crippen LogP contribution in [0.25, 0.3) is 0 Å². The number of benzene rings is 1. The van der Waals surface area contributed by atoms with Crippen LogP contribution in [0.5, 0.6) is 5.75 Å². The van der Waals surface area contributed by atoms with Crippen molar-refractivity contribution < 1.29 is 14.6 Å². The van der Waals surface area contributed by atoms with Gasteiger partial charge in [0.2, 0.25) is 5.91 Å². The minimum Gasteiger partial charge on any atom is -0.491 e. The minimum absolute atomic E-state index is 0.0188. The lowest BCUT2D eigenvalue weighted by Gasteiger charge is -2.37. The second-order valence-corrected chi connectivity index (χ2v) is 6.93. The first kappa shape index (κ1) is 16.1. The van der Waals surface area contributed by atoms with Crippen LogP contribution in [0, 0.1) is 5.92 Å². The van der Waals surface area contributed by atoms with Crippen LogP contribution in [0.2, 0.25) is 0 Å². The van der Waals surface area contributed by atoms with Gasteiger partial charge in [0.1, 0.15) is 12.4 Å². The van der Waals surface area contributed by atoms with Gasteiger partial charge < -0.3 is 19.3 Å². The van der Waals surface area contributed by atoms with Crippen LogP contribution in [0.3, 0.4) is 0 Å². The summed E-state index contributed by atoms with van der Waals surface area (Å²) in [5.41, 5.74) is 1.05. The van der Waals surface area contributed by atoms with E-state index in [1.165, 1.54) is 0 Å². The number of amides is 1. The maximum Gasteiger partial charge on any atom is 0.226 e. The molecule has 0 saturated heterocycles. The lowest BCUT2D eigenvalue weighted by atomic mass is 9.81. The van der Waals surface area contributed by atoms with Crippen molar-refractivity contribution in [1.29, 1.82) is 0 Å². The molecular weight excluding hydrogens is 318 g/mol. The lowest BCUT2D eigenvalue weighted by molar-refractivity contribution is -0.146. The van der Waals surface area contributed by atoms with Gasteiger partial charge in [0.15, 0.2) is 0 Å². The number of rotatable bonds is 4. The van der Waals surface area contributed by atoms with Gasteiger partial charge in [-0.25, -0.2) is 4.98 Å². The van der Waals surface area contributed by atoms with E-state index in [0.717, 1.165) is 24.4 Å². The first-order valence-electron chi connectivity index (χ1n) is 8.86. The Morgan fingerprint density at radius 2 is 2.08 bits per heavy atom. The molecule has 132 valence electrons. The fraction of sp³-hybridized carbons (Fsp3) is 0.474. The van der Waals surface area contributed by atoms with Crippen molar-refractivity contribution in [2.75, 3.05) is 6.61 Å². The maximum atomic E-state index is 13.0. The number of nitrogens with zero attached hydrogens (tertiary/aromatic N) is 3. The van der Waals surface area contributed by atoms with Crippen molar-refractivity contribution in [3.8, 4) is 5.75 Å². The Hall–Kier alpha value is -2.34. The number of fused-ring (bicyclic) bond motifs is 1. The highest BCUT2D eigenvalue weighted by molar-refractivity contribution is 5.80. The van der Waals surface area contributed by atoms with Crippen molar-refractivity contribution in [2.24, 2.45) is 5.92 Å². The first-order valence-corrected chi connectivity index (χ1v) is 8.86. The molecule has 1 aliphatic carbocycles. The third-order valence-corrected chi connectivity index (χ3v) is 5.21. The van der Waals surface area contributed by atoms with Gasteiger partial charge in [-0.2, -0.15) is 0 Å². The Labute approximate surface area is 147 Å². The summed E-state index contributed by atoms with van der Waals surface area (Å²) in [4.78, 5) is 19.1. The van der Waals surface area contributed by atoms with Crippen LogP contribution in [0.15, 0.2) is 42.9 Å². The summed E-state index contributed by atoms with van der Waals surface area (Å²) in [6.07, 6.45) is 5.30. The van der Waals surface area contributed by atoms with E-state index in [1.54, 1.807) is 0 Å². The number of aliphatic hydroxyl groups is 1. The smallest absolute Gasteiger partial charge is 0.226 e. The average Bonchev–Trinajstić information content (AvgIpc) is 2.98. The number of hydrogen-bond donors (Lipinski definition) is 1. The maximum absolute atomic E-state index is 13.0. The molecule has 1 aromatic heterocycles. The highest BCUT2D eigenvalue weighted by atomic mass is 16.5. The molecule has 0 radical (unpaired) electrons. The molecule has 1 fully saturated rings. The van der Waals surface area contributed by atoms with Gasteiger partial charge in [-0.1, -0.05) is 18.2 Å². The average molecular weight is 341 g/mol. The summed E-state index contributed by atoms with van der Waals surface area (Å²) in [6, 6.07) is 9.72. The van der Waals surface area contributed by atoms with E-state index in [0.29, 0.717) is 26.0 Å². The second-order valence-electron chi connectivity index (χ2n) is 6.93. The van der Waals surface area contributed by atoms with Crippen molar-refractivity contribution >= 4 is 5.91 Å². The summed E-state index contributed by atoms with van der Waals surface area (Å²) >= 11 is 0. The number of hydrogen-bond acceptors (Lipinski definition) is 4. The van der Waals surface area contributed by atoms with Crippen LogP contribution in [0.4, 0.5) is 0 Å². The molecule has 2 aliphatic rings. The molecule has 1 aromatic carbocycles. The molecule has 1 aliphatic heterocycles. The molecule has 2 heterocycles. The summed E-state index contributed by atoms with van der Waals surface area (Å²) in [5, 5.41) is 9.55. The molecule has 0 unspecified atom stereocenters. The molecule has 0 bridgehead atoms. The Morgan fingerprint density at radius 3 is 2.84 bits per heavy atom. The Morgan fingerprint density at radius 1 is 1.28 bits per heavy atom. The van der Waals surface area contributed by atoms with Crippen LogP contribution < -0.4 is 4.74 Å². The van der Waals surface area contributed by atoms with E-state index >= 15 is 0 Å². The van der Waals surface area contributed by atoms with E-state index in [4.69, 9.17) is 4.74 Å². The van der Waals surface area contributed by atoms with E-state index in [1.807, 2.05) is 47.8 Å². The van der Waals surface area contributed by atoms with Crippen LogP contribution >= 0.6 is 0 Å². The lowest BCUT2D eigenvalue weighted by Crippen LogP contribution is -2.49. The van der Waals surface area contributed by atoms with Gasteiger partial charge in [-0.15, -0.1) is 0 Å². The summed E-state index contributed by atoms with van der Waals surface area (Å²) in [6.45, 7) is 1.85. The zero-order chi connectivity index (χ0) is 17.2. The Bertz CT molecular complexity index is 725. The second kappa shape index (κ2) is 6.88. The number of ether oxygens (including phenoxy) is 1. The predicted molar refractivity (Wildman–Crippen MR) is 91.8 cm³/mol. The van der Waals surface area contributed by atoms with Crippen molar-refractivity contribution in [1.82, 2.24) is 14.5 Å². The zero-order valence-electron chi connectivity index (χ0n) is 14.1. The van der Waals surface area contributed by atoms with Gasteiger partial charge in [0.25, 0.3) is 0 Å². The van der Waals surface area contributed by atoms with E-state index in [2.05, 4.69) is 9.55 Å². The third-order valence-electron chi connectivity index (χ3n) is 5.21. The highest BCUT2D eigenvalue weighted by Gasteiger charge is 2.39. The minimum atomic E-state index is -0.328. The molecule has 25 heavy (non-hydrogen) atoms. The molecule has 2 aromatic rings. The topological polar surface area (TPSA) is 67.6 Å². The fourth-order valence-corrected chi connectivity index (χ4v) is 3.59. The summed E-state index contributed by atoms with van der Waals surface area (Å²) < 4.78 is 8.05. The van der Waals surface area contributed by atoms with Gasteiger partial charge in [-0.3, -0.25) is 4.79 Å². The Kier molecular flexibility index (Phi) is 4.44. The molecule has 0 spiro atoms. The summed E-state index contributed by atoms with van der Waals surface area (Å²) in [7, 11) is 0. The Balaban J connectivity index is 1.50. The first-order chi connectivity index (χ1) is 12.2. The van der Waals surface area contributed by atoms with Crippen molar-refractivity contribution in [3.05, 3.63) is 48.5 Å². The molecule has 1 saturated carbocycles. The molecule has 1 atom stereocenters. The van der Waals surface area contributed by atoms with Gasteiger partial charge in [-0.05, 0) is 31.4 Å². The SMILES string of the molecule is O=C(C1CC(O)C1)N1Cc2cncn2CC[C@@H]1COc1ccccc1. The molecule has 1 amide bonds. The number of imidazole rings is 1. The number of aryl methyl sites for hydroxylation is 1. The van der Waals surface area contributed by atoms with Crippen LogP contribution in [-0.2, 0) is 17.9 Å². The molecule has 1 N–H and O–H groups in total. The molecule has 4 rings (SSSR count). The number of aliphatic hydroxyl groups excluding tert-OH is 1.